The van der Waals surface area contributed by atoms with Crippen molar-refractivity contribution in [2.24, 2.45) is 0 Å². The van der Waals surface area contributed by atoms with Crippen LogP contribution < -0.4 is 4.46 Å². The standard InChI is InChI=1S/C14H18O2Se/c1-4-5-11-14(2,13(15)16-3)17-12-9-7-6-8-10-12/h4,6-10H,1,5,11H2,2-3H3. The zero-order chi connectivity index (χ0) is 12.7. The molecule has 1 aromatic rings. The van der Waals surface area contributed by atoms with E-state index in [9.17, 15) is 4.79 Å². The van der Waals surface area contributed by atoms with Gasteiger partial charge in [0.05, 0.1) is 0 Å². The van der Waals surface area contributed by atoms with E-state index in [0.717, 1.165) is 12.8 Å². The van der Waals surface area contributed by atoms with Crippen LogP contribution in [0.4, 0.5) is 0 Å². The molecule has 1 unspecified atom stereocenters. The Morgan fingerprint density at radius 3 is 2.65 bits per heavy atom. The molecule has 17 heavy (non-hydrogen) atoms. The van der Waals surface area contributed by atoms with Gasteiger partial charge in [0.1, 0.15) is 0 Å². The number of allylic oxidation sites excluding steroid dienone is 1. The fourth-order valence-corrected chi connectivity index (χ4v) is 4.05. The molecular formula is C14H18O2Se. The molecule has 1 atom stereocenters. The van der Waals surface area contributed by atoms with E-state index in [0.29, 0.717) is 0 Å². The molecule has 2 nitrogen and oxygen atoms in total. The van der Waals surface area contributed by atoms with Crippen molar-refractivity contribution in [2.45, 2.75) is 24.1 Å². The Morgan fingerprint density at radius 1 is 1.47 bits per heavy atom. The summed E-state index contributed by atoms with van der Waals surface area (Å²) in [6.07, 6.45) is 3.47. The summed E-state index contributed by atoms with van der Waals surface area (Å²) in [7, 11) is 1.45. The maximum absolute atomic E-state index is 11.9. The van der Waals surface area contributed by atoms with Gasteiger partial charge in [0, 0.05) is 0 Å². The molecule has 0 fully saturated rings. The Labute approximate surface area is 109 Å². The summed E-state index contributed by atoms with van der Waals surface area (Å²) in [5, 5.41) is 0. The van der Waals surface area contributed by atoms with Gasteiger partial charge in [-0.15, -0.1) is 0 Å². The molecule has 0 aliphatic carbocycles. The molecule has 3 heteroatoms. The Balaban J connectivity index is 2.83. The average molecular weight is 297 g/mol. The van der Waals surface area contributed by atoms with Crippen LogP contribution in [0.2, 0.25) is 4.31 Å². The molecule has 0 N–H and O–H groups in total. The van der Waals surface area contributed by atoms with Gasteiger partial charge in [0.2, 0.25) is 0 Å². The van der Waals surface area contributed by atoms with Crippen molar-refractivity contribution < 1.29 is 9.53 Å². The average Bonchev–Trinajstić information content (AvgIpc) is 2.36. The summed E-state index contributed by atoms with van der Waals surface area (Å²) in [4.78, 5) is 11.9. The number of ether oxygens (including phenoxy) is 1. The molecule has 92 valence electrons. The molecule has 0 bridgehead atoms. The summed E-state index contributed by atoms with van der Waals surface area (Å²) in [5.74, 6) is -0.122. The van der Waals surface area contributed by atoms with E-state index in [2.05, 4.69) is 18.7 Å². The SMILES string of the molecule is C=CCCC(C)([Se]c1ccccc1)C(=O)OC. The Bertz CT molecular complexity index is 375. The van der Waals surface area contributed by atoms with Gasteiger partial charge < -0.3 is 0 Å². The number of benzene rings is 1. The number of carbonyl (C=O) groups is 1. The third-order valence-corrected chi connectivity index (χ3v) is 5.32. The fraction of sp³-hybridized carbons (Fsp3) is 0.357. The Hall–Kier alpha value is -1.05. The number of hydrogen-bond acceptors (Lipinski definition) is 2. The molecule has 0 radical (unpaired) electrons. The first-order valence-electron chi connectivity index (χ1n) is 5.56. The van der Waals surface area contributed by atoms with E-state index in [-0.39, 0.29) is 20.9 Å². The first kappa shape index (κ1) is 14.0. The zero-order valence-corrected chi connectivity index (χ0v) is 12.0. The summed E-state index contributed by atoms with van der Waals surface area (Å²) >= 11 is 0.0738. The number of hydrogen-bond donors (Lipinski definition) is 0. The molecule has 0 saturated carbocycles. The van der Waals surface area contributed by atoms with Gasteiger partial charge in [0.15, 0.2) is 0 Å². The van der Waals surface area contributed by atoms with Crippen molar-refractivity contribution in [3.8, 4) is 0 Å². The molecule has 0 aliphatic rings. The quantitative estimate of drug-likeness (QED) is 0.458. The molecule has 1 aromatic carbocycles. The van der Waals surface area contributed by atoms with E-state index in [1.54, 1.807) is 0 Å². The van der Waals surface area contributed by atoms with E-state index in [1.165, 1.54) is 11.6 Å². The summed E-state index contributed by atoms with van der Waals surface area (Å²) < 4.78 is 5.74. The second-order valence-electron chi connectivity index (χ2n) is 3.96. The number of carbonyl (C=O) groups excluding carboxylic acids is 1. The van der Waals surface area contributed by atoms with Crippen LogP contribution >= 0.6 is 0 Å². The molecule has 0 spiro atoms. The van der Waals surface area contributed by atoms with Crippen LogP contribution in [0, 0.1) is 0 Å². The van der Waals surface area contributed by atoms with Gasteiger partial charge in [0.25, 0.3) is 0 Å². The zero-order valence-electron chi connectivity index (χ0n) is 10.3. The molecule has 0 heterocycles. The van der Waals surface area contributed by atoms with Crippen molar-refractivity contribution in [1.29, 1.82) is 0 Å². The second kappa shape index (κ2) is 6.63. The van der Waals surface area contributed by atoms with Crippen molar-refractivity contribution in [1.82, 2.24) is 0 Å². The first-order chi connectivity index (χ1) is 8.12. The van der Waals surface area contributed by atoms with Gasteiger partial charge >= 0.3 is 109 Å². The predicted molar refractivity (Wildman–Crippen MR) is 71.6 cm³/mol. The van der Waals surface area contributed by atoms with Gasteiger partial charge in [-0.1, -0.05) is 0 Å². The normalized spacial score (nSPS) is 13.8. The van der Waals surface area contributed by atoms with Crippen molar-refractivity contribution in [3.63, 3.8) is 0 Å². The fourth-order valence-electron chi connectivity index (χ4n) is 1.54. The van der Waals surface area contributed by atoms with Crippen molar-refractivity contribution in [2.75, 3.05) is 7.11 Å². The summed E-state index contributed by atoms with van der Waals surface area (Å²) in [5.41, 5.74) is 0. The van der Waals surface area contributed by atoms with Gasteiger partial charge in [-0.05, 0) is 0 Å². The predicted octanol–water partition coefficient (Wildman–Crippen LogP) is 2.33. The maximum atomic E-state index is 11.9. The number of rotatable bonds is 6. The Morgan fingerprint density at radius 2 is 2.12 bits per heavy atom. The minimum atomic E-state index is -0.405. The van der Waals surface area contributed by atoms with Crippen LogP contribution in [0.1, 0.15) is 19.8 Å². The first-order valence-corrected chi connectivity index (χ1v) is 7.27. The van der Waals surface area contributed by atoms with Crippen LogP contribution in [0.5, 0.6) is 0 Å². The second-order valence-corrected chi connectivity index (χ2v) is 7.27. The third-order valence-electron chi connectivity index (χ3n) is 2.53. The summed E-state index contributed by atoms with van der Waals surface area (Å²) in [6.45, 7) is 5.69. The minimum absolute atomic E-state index is 0.0738. The Kier molecular flexibility index (Phi) is 5.46. The van der Waals surface area contributed by atoms with E-state index < -0.39 is 4.31 Å². The number of esters is 1. The topological polar surface area (TPSA) is 26.3 Å². The molecule has 0 aliphatic heterocycles. The van der Waals surface area contributed by atoms with Gasteiger partial charge in [-0.2, -0.15) is 0 Å². The van der Waals surface area contributed by atoms with E-state index in [1.807, 2.05) is 31.2 Å². The molecule has 0 amide bonds. The third kappa shape index (κ3) is 4.03. The molecule has 0 saturated heterocycles. The van der Waals surface area contributed by atoms with Crippen LogP contribution in [-0.2, 0) is 9.53 Å². The van der Waals surface area contributed by atoms with Crippen LogP contribution in [0.3, 0.4) is 0 Å². The van der Waals surface area contributed by atoms with Crippen molar-refractivity contribution >= 4 is 25.4 Å². The number of methoxy groups -OCH3 is 1. The summed E-state index contributed by atoms with van der Waals surface area (Å²) in [6, 6.07) is 10.1. The van der Waals surface area contributed by atoms with E-state index in [4.69, 9.17) is 4.74 Å². The van der Waals surface area contributed by atoms with E-state index >= 15 is 0 Å². The van der Waals surface area contributed by atoms with Crippen LogP contribution in [-0.4, -0.2) is 28.0 Å². The molecular weight excluding hydrogens is 279 g/mol. The van der Waals surface area contributed by atoms with Crippen LogP contribution in [0.15, 0.2) is 43.0 Å². The van der Waals surface area contributed by atoms with Crippen LogP contribution in [0.25, 0.3) is 0 Å². The molecule has 0 aromatic heterocycles. The van der Waals surface area contributed by atoms with Gasteiger partial charge in [-0.3, -0.25) is 0 Å². The van der Waals surface area contributed by atoms with Gasteiger partial charge in [-0.25, -0.2) is 0 Å². The van der Waals surface area contributed by atoms with Crippen molar-refractivity contribution in [3.05, 3.63) is 43.0 Å². The molecule has 1 rings (SSSR count). The monoisotopic (exact) mass is 298 g/mol.